The molecule has 3 aliphatic rings. The molecule has 2 nitrogen and oxygen atoms in total. The fourth-order valence-corrected chi connectivity index (χ4v) is 9.19. The van der Waals surface area contributed by atoms with Crippen LogP contribution in [-0.2, 0) is 16.2 Å². The predicted octanol–water partition coefficient (Wildman–Crippen LogP) is 10.5. The highest BCUT2D eigenvalue weighted by atomic mass is 14.6. The third-order valence-corrected chi connectivity index (χ3v) is 11.1. The molecule has 6 aromatic rings. The number of nitrogen functional groups attached to an aromatic ring is 2. The van der Waals surface area contributed by atoms with E-state index in [-0.39, 0.29) is 10.8 Å². The molecule has 0 unspecified atom stereocenters. The number of hydrogen-bond donors (Lipinski definition) is 2. The maximum atomic E-state index is 7.27. The molecule has 0 aliphatic heterocycles. The van der Waals surface area contributed by atoms with Crippen molar-refractivity contribution >= 4 is 11.4 Å². The third kappa shape index (κ3) is 3.22. The summed E-state index contributed by atoms with van der Waals surface area (Å²) in [6.07, 6.45) is 0. The lowest BCUT2D eigenvalue weighted by Crippen LogP contribution is -2.26. The van der Waals surface area contributed by atoms with Crippen LogP contribution in [0, 0.1) is 0 Å². The lowest BCUT2D eigenvalue weighted by Gasteiger charge is -2.32. The Balaban J connectivity index is 1.37. The predicted molar refractivity (Wildman–Crippen MR) is 193 cm³/mol. The summed E-state index contributed by atoms with van der Waals surface area (Å²) in [6.45, 7) is 11.6. The van der Waals surface area contributed by atoms with Crippen molar-refractivity contribution in [1.29, 1.82) is 0 Å². The number of rotatable bonds is 1. The minimum atomic E-state index is -0.493. The molecule has 0 bridgehead atoms. The van der Waals surface area contributed by atoms with Gasteiger partial charge in [0.05, 0.1) is 5.41 Å². The second-order valence-electron chi connectivity index (χ2n) is 15.0. The van der Waals surface area contributed by atoms with Crippen LogP contribution in [0.5, 0.6) is 0 Å². The van der Waals surface area contributed by atoms with E-state index in [4.69, 9.17) is 11.5 Å². The topological polar surface area (TPSA) is 52.0 Å². The van der Waals surface area contributed by atoms with Crippen molar-refractivity contribution in [3.63, 3.8) is 0 Å². The first kappa shape index (κ1) is 27.2. The molecule has 0 fully saturated rings. The van der Waals surface area contributed by atoms with Gasteiger partial charge >= 0.3 is 0 Å². The van der Waals surface area contributed by atoms with E-state index in [0.717, 1.165) is 11.4 Å². The van der Waals surface area contributed by atoms with E-state index < -0.39 is 5.41 Å². The van der Waals surface area contributed by atoms with Crippen molar-refractivity contribution in [3.05, 3.63) is 154 Å². The van der Waals surface area contributed by atoms with E-state index in [1.54, 1.807) is 0 Å². The van der Waals surface area contributed by atoms with E-state index >= 15 is 0 Å². The summed E-state index contributed by atoms with van der Waals surface area (Å²) in [5.74, 6) is 0. The standard InChI is InChI=1S/C44H38N2/c1-42(2,3)26-19-17-25(18-20-26)28-13-10-14-32-39-37(46)24-36-38(41(39)43(4,5)40(28)32)31-22-21-27(45)23-35(31)44(36)33-15-8-6-11-29(33)30-12-7-9-16-34(30)44/h6-24H,45-46H2,1-5H3. The van der Waals surface area contributed by atoms with Gasteiger partial charge in [0.15, 0.2) is 0 Å². The maximum absolute atomic E-state index is 7.27. The lowest BCUT2D eigenvalue weighted by atomic mass is 9.69. The van der Waals surface area contributed by atoms with Crippen molar-refractivity contribution in [1.82, 2.24) is 0 Å². The Morgan fingerprint density at radius 1 is 0.500 bits per heavy atom. The van der Waals surface area contributed by atoms with Crippen LogP contribution in [0.2, 0.25) is 0 Å². The fourth-order valence-electron chi connectivity index (χ4n) is 9.19. The van der Waals surface area contributed by atoms with Crippen molar-refractivity contribution in [2.45, 2.75) is 50.9 Å². The van der Waals surface area contributed by atoms with Crippen LogP contribution >= 0.6 is 0 Å². The SMILES string of the molecule is CC(C)(C)c1ccc(-c2cccc3c2C(C)(C)c2c-3c(N)cc3c2-c2ccc(N)cc2C32c3ccccc3-c3ccccc32)cc1. The summed E-state index contributed by atoms with van der Waals surface area (Å²) in [5.41, 5.74) is 34.0. The molecule has 0 atom stereocenters. The molecule has 224 valence electrons. The Hall–Kier alpha value is -5.08. The molecule has 0 saturated carbocycles. The second-order valence-corrected chi connectivity index (χ2v) is 15.0. The molecule has 3 aliphatic carbocycles. The monoisotopic (exact) mass is 594 g/mol. The van der Waals surface area contributed by atoms with E-state index in [0.29, 0.717) is 0 Å². The van der Waals surface area contributed by atoms with Crippen LogP contribution in [0.25, 0.3) is 44.5 Å². The van der Waals surface area contributed by atoms with Crippen molar-refractivity contribution in [2.24, 2.45) is 0 Å². The van der Waals surface area contributed by atoms with Crippen LogP contribution in [-0.4, -0.2) is 0 Å². The number of fused-ring (bicyclic) bond motifs is 14. The van der Waals surface area contributed by atoms with Crippen LogP contribution in [0.15, 0.2) is 115 Å². The van der Waals surface area contributed by atoms with Gasteiger partial charge in [-0.1, -0.05) is 132 Å². The Morgan fingerprint density at radius 2 is 1.11 bits per heavy atom. The normalized spacial score (nSPS) is 15.6. The van der Waals surface area contributed by atoms with E-state index in [2.05, 4.69) is 150 Å². The summed E-state index contributed by atoms with van der Waals surface area (Å²) >= 11 is 0. The lowest BCUT2D eigenvalue weighted by molar-refractivity contribution is 0.590. The molecule has 2 heteroatoms. The zero-order valence-electron chi connectivity index (χ0n) is 27.1. The zero-order chi connectivity index (χ0) is 31.7. The summed E-state index contributed by atoms with van der Waals surface area (Å²) in [5, 5.41) is 0. The maximum Gasteiger partial charge on any atom is 0.0727 e. The molecule has 9 rings (SSSR count). The molecule has 46 heavy (non-hydrogen) atoms. The second kappa shape index (κ2) is 8.79. The smallest absolute Gasteiger partial charge is 0.0727 e. The Kier molecular flexibility index (Phi) is 5.21. The molecule has 1 spiro atoms. The molecule has 0 radical (unpaired) electrons. The Labute approximate surface area is 271 Å². The first-order valence-electron chi connectivity index (χ1n) is 16.4. The quantitative estimate of drug-likeness (QED) is 0.186. The number of benzene rings is 6. The number of nitrogens with two attached hydrogens (primary N) is 2. The van der Waals surface area contributed by atoms with Crippen molar-refractivity contribution in [3.8, 4) is 44.5 Å². The minimum Gasteiger partial charge on any atom is -0.399 e. The minimum absolute atomic E-state index is 0.103. The molecule has 0 amide bonds. The van der Waals surface area contributed by atoms with Crippen LogP contribution in [0.3, 0.4) is 0 Å². The van der Waals surface area contributed by atoms with Gasteiger partial charge in [0.2, 0.25) is 0 Å². The summed E-state index contributed by atoms with van der Waals surface area (Å²) in [4.78, 5) is 0. The van der Waals surface area contributed by atoms with Gasteiger partial charge in [0.25, 0.3) is 0 Å². The summed E-state index contributed by atoms with van der Waals surface area (Å²) < 4.78 is 0. The molecule has 0 heterocycles. The molecule has 6 aromatic carbocycles. The first-order valence-corrected chi connectivity index (χ1v) is 16.4. The number of anilines is 2. The average Bonchev–Trinajstić information content (AvgIpc) is 3.59. The molecule has 4 N–H and O–H groups in total. The summed E-state index contributed by atoms with van der Waals surface area (Å²) in [7, 11) is 0. The zero-order valence-corrected chi connectivity index (χ0v) is 27.1. The molecular formula is C44H38N2. The first-order chi connectivity index (χ1) is 22.0. The Morgan fingerprint density at radius 3 is 1.76 bits per heavy atom. The Bertz CT molecular complexity index is 2230. The third-order valence-electron chi connectivity index (χ3n) is 11.1. The molecule has 0 aromatic heterocycles. The van der Waals surface area contributed by atoms with Crippen LogP contribution < -0.4 is 11.5 Å². The van der Waals surface area contributed by atoms with Gasteiger partial charge in [0.1, 0.15) is 0 Å². The van der Waals surface area contributed by atoms with Gasteiger partial charge in [0, 0.05) is 22.4 Å². The van der Waals surface area contributed by atoms with Crippen LogP contribution in [0.1, 0.15) is 73.6 Å². The van der Waals surface area contributed by atoms with Gasteiger partial charge in [-0.3, -0.25) is 0 Å². The van der Waals surface area contributed by atoms with Gasteiger partial charge in [-0.05, 0) is 102 Å². The average molecular weight is 595 g/mol. The molecule has 0 saturated heterocycles. The molecular weight excluding hydrogens is 556 g/mol. The highest BCUT2D eigenvalue weighted by Crippen LogP contribution is 2.67. The van der Waals surface area contributed by atoms with Gasteiger partial charge in [-0.2, -0.15) is 0 Å². The van der Waals surface area contributed by atoms with Gasteiger partial charge < -0.3 is 11.5 Å². The highest BCUT2D eigenvalue weighted by Gasteiger charge is 2.54. The highest BCUT2D eigenvalue weighted by molar-refractivity contribution is 6.04. The van der Waals surface area contributed by atoms with Crippen molar-refractivity contribution < 1.29 is 0 Å². The van der Waals surface area contributed by atoms with E-state index in [1.807, 2.05) is 0 Å². The van der Waals surface area contributed by atoms with E-state index in [1.165, 1.54) is 83.5 Å². The summed E-state index contributed by atoms with van der Waals surface area (Å²) in [6, 6.07) is 42.5. The van der Waals surface area contributed by atoms with E-state index in [9.17, 15) is 0 Å². The largest absolute Gasteiger partial charge is 0.399 e. The van der Waals surface area contributed by atoms with Crippen LogP contribution in [0.4, 0.5) is 11.4 Å². The van der Waals surface area contributed by atoms with Crippen molar-refractivity contribution in [2.75, 3.05) is 11.5 Å². The van der Waals surface area contributed by atoms with Gasteiger partial charge in [-0.15, -0.1) is 0 Å². The number of hydrogen-bond acceptors (Lipinski definition) is 2. The van der Waals surface area contributed by atoms with Gasteiger partial charge in [-0.25, -0.2) is 0 Å². The fraction of sp³-hybridized carbons (Fsp3) is 0.182.